The highest BCUT2D eigenvalue weighted by molar-refractivity contribution is 7.91. The van der Waals surface area contributed by atoms with E-state index < -0.39 is 15.2 Å². The Labute approximate surface area is 133 Å². The van der Waals surface area contributed by atoms with Gasteiger partial charge in [-0.1, -0.05) is 40.9 Å². The van der Waals surface area contributed by atoms with Crippen molar-refractivity contribution in [1.29, 1.82) is 0 Å². The van der Waals surface area contributed by atoms with E-state index in [1.165, 1.54) is 24.3 Å². The molecular formula is C15H11Cl2NO2S. The second kappa shape index (κ2) is 6.07. The quantitative estimate of drug-likeness (QED) is 0.760. The highest BCUT2D eigenvalue weighted by Crippen LogP contribution is 2.35. The Hall–Kier alpha value is -1.54. The van der Waals surface area contributed by atoms with Crippen LogP contribution in [0.4, 0.5) is 0 Å². The van der Waals surface area contributed by atoms with Crippen LogP contribution >= 0.6 is 23.2 Å². The molecule has 0 aliphatic rings. The molecule has 1 atom stereocenters. The molecule has 0 aliphatic heterocycles. The molecule has 0 amide bonds. The van der Waals surface area contributed by atoms with E-state index in [2.05, 4.69) is 4.85 Å². The van der Waals surface area contributed by atoms with E-state index in [1.54, 1.807) is 18.2 Å². The van der Waals surface area contributed by atoms with Gasteiger partial charge in [-0.3, -0.25) is 4.85 Å². The van der Waals surface area contributed by atoms with Gasteiger partial charge in [0.2, 0.25) is 0 Å². The molecule has 0 saturated heterocycles. The second-order valence-electron chi connectivity index (χ2n) is 4.51. The molecular weight excluding hydrogens is 329 g/mol. The summed E-state index contributed by atoms with van der Waals surface area (Å²) in [5.41, 5.74) is 1.13. The Balaban J connectivity index is 2.58. The minimum absolute atomic E-state index is 0.0881. The van der Waals surface area contributed by atoms with Crippen LogP contribution in [-0.4, -0.2) is 8.42 Å². The molecule has 0 N–H and O–H groups in total. The smallest absolute Gasteiger partial charge is 0.291 e. The van der Waals surface area contributed by atoms with E-state index in [0.717, 1.165) is 5.56 Å². The summed E-state index contributed by atoms with van der Waals surface area (Å²) in [7, 11) is -3.86. The summed E-state index contributed by atoms with van der Waals surface area (Å²) < 4.78 is 25.2. The lowest BCUT2D eigenvalue weighted by Crippen LogP contribution is -2.11. The number of halogens is 2. The third kappa shape index (κ3) is 3.21. The fourth-order valence-electron chi connectivity index (χ4n) is 1.87. The third-order valence-corrected chi connectivity index (χ3v) is 5.44. The molecule has 0 aliphatic carbocycles. The summed E-state index contributed by atoms with van der Waals surface area (Å²) in [6.07, 6.45) is 0. The Morgan fingerprint density at radius 3 is 2.29 bits per heavy atom. The molecule has 2 aromatic rings. The van der Waals surface area contributed by atoms with Crippen LogP contribution in [0.15, 0.2) is 47.4 Å². The van der Waals surface area contributed by atoms with Crippen LogP contribution in [-0.2, 0) is 9.84 Å². The van der Waals surface area contributed by atoms with Crippen molar-refractivity contribution in [3.63, 3.8) is 0 Å². The maximum Gasteiger partial charge on any atom is 0.351 e. The van der Waals surface area contributed by atoms with E-state index in [0.29, 0.717) is 5.02 Å². The van der Waals surface area contributed by atoms with Crippen molar-refractivity contribution in [1.82, 2.24) is 0 Å². The van der Waals surface area contributed by atoms with Gasteiger partial charge < -0.3 is 0 Å². The van der Waals surface area contributed by atoms with Crippen LogP contribution in [0.2, 0.25) is 10.0 Å². The molecule has 0 radical (unpaired) electrons. The van der Waals surface area contributed by atoms with E-state index in [9.17, 15) is 8.42 Å². The van der Waals surface area contributed by atoms with Crippen molar-refractivity contribution in [2.75, 3.05) is 0 Å². The lowest BCUT2D eigenvalue weighted by Gasteiger charge is -2.10. The van der Waals surface area contributed by atoms with Crippen LogP contribution in [0.3, 0.4) is 0 Å². The molecule has 0 aromatic heterocycles. The zero-order chi connectivity index (χ0) is 15.6. The van der Waals surface area contributed by atoms with Crippen molar-refractivity contribution < 1.29 is 8.42 Å². The molecule has 21 heavy (non-hydrogen) atoms. The van der Waals surface area contributed by atoms with Crippen molar-refractivity contribution in [3.8, 4) is 0 Å². The second-order valence-corrected chi connectivity index (χ2v) is 7.36. The largest absolute Gasteiger partial charge is 0.351 e. The van der Waals surface area contributed by atoms with Crippen molar-refractivity contribution in [3.05, 3.63) is 75.1 Å². The SMILES string of the molecule is [C-]#[N+][C@H](c1cc(Cl)ccc1Cl)S(=O)(=O)c1ccc(C)cc1. The predicted molar refractivity (Wildman–Crippen MR) is 84.2 cm³/mol. The lowest BCUT2D eigenvalue weighted by atomic mass is 10.2. The normalized spacial score (nSPS) is 12.7. The van der Waals surface area contributed by atoms with Gasteiger partial charge >= 0.3 is 5.37 Å². The van der Waals surface area contributed by atoms with Crippen LogP contribution in [0.25, 0.3) is 4.85 Å². The summed E-state index contributed by atoms with van der Waals surface area (Å²) in [6, 6.07) is 10.8. The third-order valence-electron chi connectivity index (χ3n) is 2.98. The monoisotopic (exact) mass is 339 g/mol. The van der Waals surface area contributed by atoms with Gasteiger partial charge in [-0.25, -0.2) is 15.0 Å². The summed E-state index contributed by atoms with van der Waals surface area (Å²) in [4.78, 5) is 3.34. The first-order chi connectivity index (χ1) is 9.86. The van der Waals surface area contributed by atoms with Gasteiger partial charge in [-0.2, -0.15) is 0 Å². The van der Waals surface area contributed by atoms with Gasteiger partial charge in [-0.15, -0.1) is 0 Å². The molecule has 2 rings (SSSR count). The van der Waals surface area contributed by atoms with Crippen LogP contribution < -0.4 is 0 Å². The molecule has 3 nitrogen and oxygen atoms in total. The first-order valence-corrected chi connectivity index (χ1v) is 8.28. The van der Waals surface area contributed by atoms with Gasteiger partial charge in [0, 0.05) is 5.02 Å². The van der Waals surface area contributed by atoms with E-state index in [-0.39, 0.29) is 15.5 Å². The summed E-state index contributed by atoms with van der Waals surface area (Å²) in [5.74, 6) is 0. The van der Waals surface area contributed by atoms with Crippen LogP contribution in [0.1, 0.15) is 16.5 Å². The molecule has 6 heteroatoms. The molecule has 2 aromatic carbocycles. The fraction of sp³-hybridized carbons (Fsp3) is 0.133. The molecule has 0 heterocycles. The first-order valence-electron chi connectivity index (χ1n) is 5.98. The number of benzene rings is 2. The molecule has 0 saturated carbocycles. The number of rotatable bonds is 3. The maximum atomic E-state index is 12.6. The van der Waals surface area contributed by atoms with E-state index >= 15 is 0 Å². The minimum atomic E-state index is -3.86. The van der Waals surface area contributed by atoms with Gasteiger partial charge in [0.05, 0.1) is 15.5 Å². The minimum Gasteiger partial charge on any atom is -0.291 e. The van der Waals surface area contributed by atoms with Crippen molar-refractivity contribution in [2.45, 2.75) is 17.2 Å². The Morgan fingerprint density at radius 1 is 1.10 bits per heavy atom. The molecule has 0 bridgehead atoms. The van der Waals surface area contributed by atoms with E-state index in [4.69, 9.17) is 29.8 Å². The summed E-state index contributed by atoms with van der Waals surface area (Å²) >= 11 is 11.9. The van der Waals surface area contributed by atoms with Gasteiger partial charge in [0.25, 0.3) is 9.84 Å². The molecule has 0 unspecified atom stereocenters. The lowest BCUT2D eigenvalue weighted by molar-refractivity contribution is 0.590. The topological polar surface area (TPSA) is 38.5 Å². The highest BCUT2D eigenvalue weighted by Gasteiger charge is 2.36. The van der Waals surface area contributed by atoms with Gasteiger partial charge in [0.15, 0.2) is 0 Å². The number of sulfone groups is 1. The first kappa shape index (κ1) is 15.8. The Morgan fingerprint density at radius 2 is 1.71 bits per heavy atom. The molecule has 0 fully saturated rings. The Kier molecular flexibility index (Phi) is 4.58. The average Bonchev–Trinajstić information content (AvgIpc) is 2.43. The molecule has 0 spiro atoms. The standard InChI is InChI=1S/C15H11Cl2NO2S/c1-10-3-6-12(7-4-10)21(19,20)15(18-2)13-9-11(16)5-8-14(13)17/h3-9,15H,1H3/t15-/m0/s1. The predicted octanol–water partition coefficient (Wildman–Crippen LogP) is 4.69. The fourth-order valence-corrected chi connectivity index (χ4v) is 3.77. The van der Waals surface area contributed by atoms with Crippen LogP contribution in [0.5, 0.6) is 0 Å². The van der Waals surface area contributed by atoms with Crippen LogP contribution in [0, 0.1) is 13.5 Å². The average molecular weight is 340 g/mol. The van der Waals surface area contributed by atoms with Gasteiger partial charge in [-0.05, 0) is 37.3 Å². The zero-order valence-corrected chi connectivity index (χ0v) is 13.4. The highest BCUT2D eigenvalue weighted by atomic mass is 35.5. The van der Waals surface area contributed by atoms with E-state index in [1.807, 2.05) is 6.92 Å². The number of hydrogen-bond donors (Lipinski definition) is 0. The van der Waals surface area contributed by atoms with Crippen molar-refractivity contribution in [2.24, 2.45) is 0 Å². The summed E-state index contributed by atoms with van der Waals surface area (Å²) in [6.45, 7) is 9.11. The molecule has 108 valence electrons. The van der Waals surface area contributed by atoms with Gasteiger partial charge in [0.1, 0.15) is 0 Å². The zero-order valence-electron chi connectivity index (χ0n) is 11.0. The van der Waals surface area contributed by atoms with Crippen molar-refractivity contribution >= 4 is 33.0 Å². The number of aryl methyl sites for hydroxylation is 1. The number of hydrogen-bond acceptors (Lipinski definition) is 2. The Bertz CT molecular complexity index is 809. The maximum absolute atomic E-state index is 12.6. The summed E-state index contributed by atoms with van der Waals surface area (Å²) in [5, 5.41) is -0.871. The number of nitrogens with zero attached hydrogens (tertiary/aromatic N) is 1.